The van der Waals surface area contributed by atoms with Crippen LogP contribution in [0.15, 0.2) is 59.1 Å². The first kappa shape index (κ1) is 17.2. The van der Waals surface area contributed by atoms with Crippen LogP contribution in [-0.4, -0.2) is 16.2 Å². The highest BCUT2D eigenvalue weighted by atomic mass is 16.5. The minimum atomic E-state index is -0.473. The van der Waals surface area contributed by atoms with Crippen LogP contribution in [-0.2, 0) is 5.54 Å². The lowest BCUT2D eigenvalue weighted by atomic mass is 9.99. The smallest absolute Gasteiger partial charge is 0.323 e. The zero-order chi connectivity index (χ0) is 18.7. The molecule has 138 valence electrons. The van der Waals surface area contributed by atoms with Crippen LogP contribution in [0.2, 0.25) is 0 Å². The predicted octanol–water partition coefficient (Wildman–Crippen LogP) is 4.11. The number of carbonyl (C=O) groups excluding carboxylic acids is 1. The zero-order valence-electron chi connectivity index (χ0n) is 14.8. The second-order valence-corrected chi connectivity index (χ2v) is 6.81. The maximum Gasteiger partial charge on any atom is 0.323 e. The van der Waals surface area contributed by atoms with E-state index >= 15 is 0 Å². The monoisotopic (exact) mass is 363 g/mol. The Morgan fingerprint density at radius 3 is 2.26 bits per heavy atom. The van der Waals surface area contributed by atoms with E-state index in [1.807, 2.05) is 42.5 Å². The second kappa shape index (κ2) is 7.20. The molecular formula is C20H21N5O2. The van der Waals surface area contributed by atoms with E-state index in [0.717, 1.165) is 36.9 Å². The molecule has 7 heteroatoms. The van der Waals surface area contributed by atoms with Gasteiger partial charge in [-0.2, -0.15) is 4.98 Å². The van der Waals surface area contributed by atoms with E-state index in [1.54, 1.807) is 12.1 Å². The van der Waals surface area contributed by atoms with Gasteiger partial charge in [0, 0.05) is 16.9 Å². The Balaban J connectivity index is 1.42. The number of hydrogen-bond acceptors (Lipinski definition) is 5. The summed E-state index contributed by atoms with van der Waals surface area (Å²) in [4.78, 5) is 16.5. The fourth-order valence-corrected chi connectivity index (χ4v) is 3.28. The molecule has 0 spiro atoms. The van der Waals surface area contributed by atoms with Crippen molar-refractivity contribution < 1.29 is 9.32 Å². The lowest BCUT2D eigenvalue weighted by molar-refractivity contribution is 0.262. The third-order valence-corrected chi connectivity index (χ3v) is 4.79. The summed E-state index contributed by atoms with van der Waals surface area (Å²) in [5, 5.41) is 9.63. The Labute approximate surface area is 157 Å². The minimum absolute atomic E-state index is 0.305. The van der Waals surface area contributed by atoms with Crippen molar-refractivity contribution in [1.82, 2.24) is 10.1 Å². The number of nitrogens with two attached hydrogens (primary N) is 1. The first-order chi connectivity index (χ1) is 13.1. The third kappa shape index (κ3) is 3.83. The molecule has 1 fully saturated rings. The number of nitrogens with one attached hydrogen (secondary N) is 2. The molecule has 4 rings (SSSR count). The maximum absolute atomic E-state index is 12.0. The van der Waals surface area contributed by atoms with E-state index in [2.05, 4.69) is 20.8 Å². The largest absolute Gasteiger partial charge is 0.334 e. The van der Waals surface area contributed by atoms with Gasteiger partial charge in [-0.15, -0.1) is 0 Å². The molecule has 0 saturated heterocycles. The van der Waals surface area contributed by atoms with Crippen LogP contribution in [0.4, 0.5) is 16.2 Å². The van der Waals surface area contributed by atoms with Crippen molar-refractivity contribution in [3.05, 3.63) is 60.4 Å². The van der Waals surface area contributed by atoms with Crippen molar-refractivity contribution in [3.8, 4) is 11.5 Å². The summed E-state index contributed by atoms with van der Waals surface area (Å²) < 4.78 is 5.39. The van der Waals surface area contributed by atoms with Crippen LogP contribution in [0.3, 0.4) is 0 Å². The summed E-state index contributed by atoms with van der Waals surface area (Å²) in [6.07, 6.45) is 3.94. The molecule has 2 aromatic carbocycles. The molecule has 2 amide bonds. The fraction of sp³-hybridized carbons (Fsp3) is 0.250. The maximum atomic E-state index is 12.0. The van der Waals surface area contributed by atoms with Crippen LogP contribution in [0, 0.1) is 0 Å². The number of urea groups is 1. The first-order valence-corrected chi connectivity index (χ1v) is 8.99. The molecule has 1 aromatic heterocycles. The number of benzene rings is 2. The summed E-state index contributed by atoms with van der Waals surface area (Å²) in [7, 11) is 0. The van der Waals surface area contributed by atoms with Gasteiger partial charge in [0.1, 0.15) is 0 Å². The summed E-state index contributed by atoms with van der Waals surface area (Å²) >= 11 is 0. The number of amides is 2. The average Bonchev–Trinajstić information content (AvgIpc) is 3.33. The summed E-state index contributed by atoms with van der Waals surface area (Å²) in [5.74, 6) is 1.00. The Morgan fingerprint density at radius 2 is 1.59 bits per heavy atom. The van der Waals surface area contributed by atoms with Crippen molar-refractivity contribution in [3.63, 3.8) is 0 Å². The molecule has 3 aromatic rings. The van der Waals surface area contributed by atoms with Gasteiger partial charge in [-0.05, 0) is 49.2 Å². The van der Waals surface area contributed by atoms with Crippen molar-refractivity contribution in [1.29, 1.82) is 0 Å². The molecule has 1 aliphatic rings. The van der Waals surface area contributed by atoms with Gasteiger partial charge in [0.2, 0.25) is 0 Å². The van der Waals surface area contributed by atoms with E-state index in [4.69, 9.17) is 10.3 Å². The van der Waals surface area contributed by atoms with Gasteiger partial charge in [0.05, 0.1) is 5.54 Å². The summed E-state index contributed by atoms with van der Waals surface area (Å²) in [6.45, 7) is 0. The molecular weight excluding hydrogens is 342 g/mol. The normalized spacial score (nSPS) is 15.4. The number of para-hydroxylation sites is 1. The highest BCUT2D eigenvalue weighted by molar-refractivity contribution is 5.99. The van der Waals surface area contributed by atoms with Gasteiger partial charge in [-0.3, -0.25) is 0 Å². The highest BCUT2D eigenvalue weighted by Crippen LogP contribution is 2.35. The van der Waals surface area contributed by atoms with Crippen molar-refractivity contribution in [2.45, 2.75) is 31.2 Å². The molecule has 0 atom stereocenters. The standard InChI is InChI=1S/C20H21N5O2/c21-20(12-4-5-13-20)18-24-17(27-25-18)14-8-10-16(11-9-14)23-19(26)22-15-6-2-1-3-7-15/h1-3,6-11H,4-5,12-13,21H2,(H2,22,23,26). The van der Waals surface area contributed by atoms with Gasteiger partial charge in [-0.25, -0.2) is 4.79 Å². The lowest BCUT2D eigenvalue weighted by Crippen LogP contribution is -2.34. The summed E-state index contributed by atoms with van der Waals surface area (Å²) in [6, 6.07) is 16.2. The number of rotatable bonds is 4. The molecule has 7 nitrogen and oxygen atoms in total. The average molecular weight is 363 g/mol. The molecule has 4 N–H and O–H groups in total. The first-order valence-electron chi connectivity index (χ1n) is 8.99. The van der Waals surface area contributed by atoms with Gasteiger partial charge in [0.15, 0.2) is 5.82 Å². The van der Waals surface area contributed by atoms with Gasteiger partial charge in [0.25, 0.3) is 5.89 Å². The van der Waals surface area contributed by atoms with Crippen molar-refractivity contribution >= 4 is 17.4 Å². The van der Waals surface area contributed by atoms with Crippen LogP contribution < -0.4 is 16.4 Å². The Morgan fingerprint density at radius 1 is 0.963 bits per heavy atom. The van der Waals surface area contributed by atoms with Crippen LogP contribution >= 0.6 is 0 Å². The Bertz CT molecular complexity index is 915. The van der Waals surface area contributed by atoms with Crippen molar-refractivity contribution in [2.24, 2.45) is 5.73 Å². The van der Waals surface area contributed by atoms with Crippen LogP contribution in [0.5, 0.6) is 0 Å². The van der Waals surface area contributed by atoms with E-state index in [0.29, 0.717) is 17.4 Å². The fourth-order valence-electron chi connectivity index (χ4n) is 3.28. The van der Waals surface area contributed by atoms with Gasteiger partial charge >= 0.3 is 6.03 Å². The van der Waals surface area contributed by atoms with Gasteiger partial charge < -0.3 is 20.9 Å². The van der Waals surface area contributed by atoms with E-state index in [9.17, 15) is 4.79 Å². The number of aromatic nitrogens is 2. The SMILES string of the molecule is NC1(c2noc(-c3ccc(NC(=O)Nc4ccccc4)cc3)n2)CCCC1. The van der Waals surface area contributed by atoms with Crippen LogP contribution in [0.25, 0.3) is 11.5 Å². The zero-order valence-corrected chi connectivity index (χ0v) is 14.8. The number of carbonyl (C=O) groups is 1. The predicted molar refractivity (Wildman–Crippen MR) is 103 cm³/mol. The van der Waals surface area contributed by atoms with Gasteiger partial charge in [-0.1, -0.05) is 36.2 Å². The quantitative estimate of drug-likeness (QED) is 0.647. The molecule has 0 radical (unpaired) electrons. The van der Waals surface area contributed by atoms with Crippen LogP contribution in [0.1, 0.15) is 31.5 Å². The van der Waals surface area contributed by atoms with Crippen molar-refractivity contribution in [2.75, 3.05) is 10.6 Å². The Kier molecular flexibility index (Phi) is 4.60. The number of nitrogens with zero attached hydrogens (tertiary/aromatic N) is 2. The molecule has 1 heterocycles. The summed E-state index contributed by atoms with van der Waals surface area (Å²) in [5.41, 5.74) is 8.08. The molecule has 0 unspecified atom stereocenters. The second-order valence-electron chi connectivity index (χ2n) is 6.81. The lowest BCUT2D eigenvalue weighted by Gasteiger charge is -2.17. The molecule has 1 saturated carbocycles. The number of hydrogen-bond donors (Lipinski definition) is 3. The molecule has 27 heavy (non-hydrogen) atoms. The Hall–Kier alpha value is -3.19. The highest BCUT2D eigenvalue weighted by Gasteiger charge is 2.36. The minimum Gasteiger partial charge on any atom is -0.334 e. The molecule has 0 bridgehead atoms. The van der Waals surface area contributed by atoms with E-state index < -0.39 is 5.54 Å². The van der Waals surface area contributed by atoms with E-state index in [-0.39, 0.29) is 6.03 Å². The third-order valence-electron chi connectivity index (χ3n) is 4.79. The van der Waals surface area contributed by atoms with E-state index in [1.165, 1.54) is 0 Å². The molecule has 1 aliphatic carbocycles. The molecule has 0 aliphatic heterocycles. The topological polar surface area (TPSA) is 106 Å². The number of anilines is 2.